The summed E-state index contributed by atoms with van der Waals surface area (Å²) in [6, 6.07) is 0. The van der Waals surface area contributed by atoms with Gasteiger partial charge in [0.15, 0.2) is 0 Å². The lowest BCUT2D eigenvalue weighted by Gasteiger charge is -2.18. The zero-order valence-electron chi connectivity index (χ0n) is 5.60. The summed E-state index contributed by atoms with van der Waals surface area (Å²) < 4.78 is 11.3. The van der Waals surface area contributed by atoms with Crippen molar-refractivity contribution in [1.29, 1.82) is 0 Å². The van der Waals surface area contributed by atoms with Crippen LogP contribution in [0.4, 0.5) is 4.53 Å². The number of halogens is 1. The average molecular weight is 147 g/mol. The van der Waals surface area contributed by atoms with Gasteiger partial charge in [-0.15, -0.1) is 0 Å². The van der Waals surface area contributed by atoms with Crippen molar-refractivity contribution in [1.82, 2.24) is 5.32 Å². The van der Waals surface area contributed by atoms with Gasteiger partial charge < -0.3 is 5.32 Å². The summed E-state index contributed by atoms with van der Waals surface area (Å²) in [6.07, 6.45) is 1.65. The molecule has 0 amide bonds. The van der Waals surface area contributed by atoms with Crippen molar-refractivity contribution in [3.63, 3.8) is 0 Å². The van der Waals surface area contributed by atoms with Crippen molar-refractivity contribution < 1.29 is 14.3 Å². The summed E-state index contributed by atoms with van der Waals surface area (Å²) in [5, 5.41) is 2.98. The number of hydrogen-bond donors (Lipinski definition) is 1. The van der Waals surface area contributed by atoms with Gasteiger partial charge in [-0.1, -0.05) is 0 Å². The van der Waals surface area contributed by atoms with Gasteiger partial charge in [0.25, 0.3) is 0 Å². The number of carbonyl (C=O) groups is 1. The van der Waals surface area contributed by atoms with Crippen LogP contribution in [0.1, 0.15) is 12.8 Å². The summed E-state index contributed by atoms with van der Waals surface area (Å²) >= 11 is 0. The summed E-state index contributed by atoms with van der Waals surface area (Å²) in [4.78, 5) is 13.6. The zero-order chi connectivity index (χ0) is 7.40. The molecule has 1 heterocycles. The molecule has 0 radical (unpaired) electrons. The highest BCUT2D eigenvalue weighted by atomic mass is 19.3. The number of carbonyl (C=O) groups excluding carboxylic acids is 1. The van der Waals surface area contributed by atoms with Crippen molar-refractivity contribution in [2.24, 2.45) is 5.92 Å². The molecule has 1 saturated heterocycles. The van der Waals surface area contributed by atoms with E-state index in [0.29, 0.717) is 6.54 Å². The van der Waals surface area contributed by atoms with Gasteiger partial charge in [0.1, 0.15) is 0 Å². The molecule has 1 unspecified atom stereocenters. The maximum atomic E-state index is 11.3. The van der Waals surface area contributed by atoms with Crippen LogP contribution >= 0.6 is 0 Å². The Labute approximate surface area is 58.4 Å². The first kappa shape index (κ1) is 7.47. The molecule has 0 aromatic rings. The monoisotopic (exact) mass is 147 g/mol. The van der Waals surface area contributed by atoms with E-state index >= 15 is 0 Å². The van der Waals surface area contributed by atoms with Gasteiger partial charge in [0.2, 0.25) is 0 Å². The van der Waals surface area contributed by atoms with Gasteiger partial charge in [0, 0.05) is 11.1 Å². The second kappa shape index (κ2) is 3.51. The largest absolute Gasteiger partial charge is 0.353 e. The van der Waals surface area contributed by atoms with Crippen LogP contribution in [0.15, 0.2) is 0 Å². The Morgan fingerprint density at radius 1 is 1.70 bits per heavy atom. The highest BCUT2D eigenvalue weighted by molar-refractivity contribution is 5.72. The first-order chi connectivity index (χ1) is 4.84. The van der Waals surface area contributed by atoms with Crippen molar-refractivity contribution in [3.05, 3.63) is 0 Å². The zero-order valence-corrected chi connectivity index (χ0v) is 5.60. The van der Waals surface area contributed by atoms with Gasteiger partial charge >= 0.3 is 5.97 Å². The molecule has 0 aromatic carbocycles. The number of piperidine rings is 1. The lowest BCUT2D eigenvalue weighted by Crippen LogP contribution is -2.34. The lowest BCUT2D eigenvalue weighted by atomic mass is 10.0. The van der Waals surface area contributed by atoms with Crippen LogP contribution in [0.25, 0.3) is 0 Å². The molecule has 1 aliphatic rings. The van der Waals surface area contributed by atoms with Crippen molar-refractivity contribution in [2.75, 3.05) is 13.1 Å². The Hall–Kier alpha value is -0.640. The van der Waals surface area contributed by atoms with E-state index in [2.05, 4.69) is 10.3 Å². The van der Waals surface area contributed by atoms with E-state index in [-0.39, 0.29) is 5.92 Å². The van der Waals surface area contributed by atoms with Crippen LogP contribution in [0.2, 0.25) is 0 Å². The second-order valence-corrected chi connectivity index (χ2v) is 2.44. The fourth-order valence-corrected chi connectivity index (χ4v) is 1.12. The predicted molar refractivity (Wildman–Crippen MR) is 32.8 cm³/mol. The third-order valence-corrected chi connectivity index (χ3v) is 1.71. The molecule has 0 bridgehead atoms. The molecule has 1 aliphatic heterocycles. The maximum Gasteiger partial charge on any atom is 0.353 e. The van der Waals surface area contributed by atoms with Gasteiger partial charge in [0.05, 0.1) is 5.92 Å². The topological polar surface area (TPSA) is 38.3 Å². The third-order valence-electron chi connectivity index (χ3n) is 1.71. The summed E-state index contributed by atoms with van der Waals surface area (Å²) in [5.41, 5.74) is 0. The predicted octanol–water partition coefficient (Wildman–Crippen LogP) is 0.414. The second-order valence-electron chi connectivity index (χ2n) is 2.44. The van der Waals surface area contributed by atoms with Crippen LogP contribution in [-0.2, 0) is 9.74 Å². The van der Waals surface area contributed by atoms with Crippen molar-refractivity contribution in [2.45, 2.75) is 12.8 Å². The Morgan fingerprint density at radius 3 is 3.00 bits per heavy atom. The van der Waals surface area contributed by atoms with E-state index < -0.39 is 5.97 Å². The normalized spacial score (nSPS) is 25.9. The van der Waals surface area contributed by atoms with Crippen LogP contribution in [0, 0.1) is 5.92 Å². The van der Waals surface area contributed by atoms with Crippen molar-refractivity contribution in [3.8, 4) is 0 Å². The molecule has 1 fully saturated rings. The smallest absolute Gasteiger partial charge is 0.316 e. The fourth-order valence-electron chi connectivity index (χ4n) is 1.12. The van der Waals surface area contributed by atoms with E-state index in [0.717, 1.165) is 19.4 Å². The Bertz CT molecular complexity index is 123. The Morgan fingerprint density at radius 2 is 2.50 bits per heavy atom. The lowest BCUT2D eigenvalue weighted by molar-refractivity contribution is -0.189. The van der Waals surface area contributed by atoms with E-state index in [4.69, 9.17) is 0 Å². The summed E-state index contributed by atoms with van der Waals surface area (Å²) in [5.74, 6) is -1.02. The minimum absolute atomic E-state index is 0.279. The number of hydrogen-bond acceptors (Lipinski definition) is 3. The molecule has 0 saturated carbocycles. The molecule has 0 aromatic heterocycles. The average Bonchev–Trinajstić information content (AvgIpc) is 2.05. The molecule has 3 nitrogen and oxygen atoms in total. The molecule has 10 heavy (non-hydrogen) atoms. The van der Waals surface area contributed by atoms with Crippen LogP contribution < -0.4 is 5.32 Å². The van der Waals surface area contributed by atoms with Crippen LogP contribution in [0.3, 0.4) is 0 Å². The molecule has 4 heteroatoms. The molecule has 0 spiro atoms. The number of rotatable bonds is 1. The van der Waals surface area contributed by atoms with E-state index in [1.807, 2.05) is 0 Å². The van der Waals surface area contributed by atoms with Gasteiger partial charge in [-0.2, -0.15) is 0 Å². The van der Waals surface area contributed by atoms with Crippen LogP contribution in [0.5, 0.6) is 0 Å². The SMILES string of the molecule is O=C(OF)C1CCCNC1. The quantitative estimate of drug-likeness (QED) is 0.584. The fraction of sp³-hybridized carbons (Fsp3) is 0.833. The molecule has 0 aliphatic carbocycles. The highest BCUT2D eigenvalue weighted by Gasteiger charge is 2.22. The van der Waals surface area contributed by atoms with Crippen LogP contribution in [-0.4, -0.2) is 19.1 Å². The molecular weight excluding hydrogens is 137 g/mol. The Kier molecular flexibility index (Phi) is 2.62. The van der Waals surface area contributed by atoms with E-state index in [9.17, 15) is 9.32 Å². The summed E-state index contributed by atoms with van der Waals surface area (Å²) in [7, 11) is 0. The molecule has 58 valence electrons. The number of nitrogens with one attached hydrogen (secondary N) is 1. The maximum absolute atomic E-state index is 11.3. The molecule has 1 rings (SSSR count). The standard InChI is InChI=1S/C6H10FNO2/c7-10-6(9)5-2-1-3-8-4-5/h5,8H,1-4H2. The minimum Gasteiger partial charge on any atom is -0.316 e. The molecule has 1 N–H and O–H groups in total. The third kappa shape index (κ3) is 1.67. The molecule has 1 atom stereocenters. The first-order valence-electron chi connectivity index (χ1n) is 3.37. The van der Waals surface area contributed by atoms with Gasteiger partial charge in [-0.25, -0.2) is 4.79 Å². The van der Waals surface area contributed by atoms with E-state index in [1.165, 1.54) is 0 Å². The first-order valence-corrected chi connectivity index (χ1v) is 3.37. The Balaban J connectivity index is 2.31. The minimum atomic E-state index is -0.743. The van der Waals surface area contributed by atoms with Gasteiger partial charge in [-0.05, 0) is 19.4 Å². The van der Waals surface area contributed by atoms with E-state index in [1.54, 1.807) is 0 Å². The van der Waals surface area contributed by atoms with Gasteiger partial charge in [-0.3, -0.25) is 4.94 Å². The van der Waals surface area contributed by atoms with Crippen molar-refractivity contribution >= 4 is 5.97 Å². The summed E-state index contributed by atoms with van der Waals surface area (Å²) in [6.45, 7) is 1.46. The highest BCUT2D eigenvalue weighted by Crippen LogP contribution is 2.11. The molecular formula is C6H10FNO2.